The Hall–Kier alpha value is -2.28. The van der Waals surface area contributed by atoms with Crippen LogP contribution < -0.4 is 10.6 Å². The first-order valence-electron chi connectivity index (χ1n) is 6.49. The first-order valence-corrected chi connectivity index (χ1v) is 6.49. The summed E-state index contributed by atoms with van der Waals surface area (Å²) in [4.78, 5) is 19.2. The molecule has 7 heteroatoms. The molecule has 1 aliphatic heterocycles. The number of anilines is 2. The van der Waals surface area contributed by atoms with Gasteiger partial charge in [-0.25, -0.2) is 0 Å². The van der Waals surface area contributed by atoms with Gasteiger partial charge in [-0.2, -0.15) is 15.0 Å². The van der Waals surface area contributed by atoms with Gasteiger partial charge in [0.2, 0.25) is 11.9 Å². The van der Waals surface area contributed by atoms with Crippen molar-refractivity contribution in [2.24, 2.45) is 0 Å². The van der Waals surface area contributed by atoms with E-state index < -0.39 is 0 Å². The van der Waals surface area contributed by atoms with Crippen molar-refractivity contribution in [1.82, 2.24) is 19.9 Å². The van der Waals surface area contributed by atoms with Crippen LogP contribution in [0.3, 0.4) is 0 Å². The monoisotopic (exact) mass is 272 g/mol. The zero-order chi connectivity index (χ0) is 13.9. The molecule has 3 rings (SSSR count). The van der Waals surface area contributed by atoms with Gasteiger partial charge in [0.05, 0.1) is 13.2 Å². The van der Waals surface area contributed by atoms with Crippen LogP contribution in [0.1, 0.15) is 5.69 Å². The molecule has 1 aliphatic rings. The second kappa shape index (κ2) is 5.38. The Kier molecular flexibility index (Phi) is 3.42. The lowest BCUT2D eigenvalue weighted by Gasteiger charge is -2.26. The molecule has 2 aromatic heterocycles. The summed E-state index contributed by atoms with van der Waals surface area (Å²) < 4.78 is 5.33. The van der Waals surface area contributed by atoms with Gasteiger partial charge >= 0.3 is 0 Å². The highest BCUT2D eigenvalue weighted by atomic mass is 16.5. The van der Waals surface area contributed by atoms with Crippen molar-refractivity contribution in [1.29, 1.82) is 0 Å². The van der Waals surface area contributed by atoms with Crippen molar-refractivity contribution in [3.8, 4) is 11.4 Å². The van der Waals surface area contributed by atoms with Crippen molar-refractivity contribution in [2.75, 3.05) is 36.9 Å². The first-order chi connectivity index (χ1) is 9.72. The molecule has 0 atom stereocenters. The number of nitrogens with zero attached hydrogens (tertiary/aromatic N) is 5. The van der Waals surface area contributed by atoms with Crippen LogP contribution in [0.15, 0.2) is 18.3 Å². The Balaban J connectivity index is 1.95. The van der Waals surface area contributed by atoms with Gasteiger partial charge in [-0.15, -0.1) is 0 Å². The van der Waals surface area contributed by atoms with Crippen molar-refractivity contribution in [2.45, 2.75) is 6.92 Å². The van der Waals surface area contributed by atoms with E-state index in [0.29, 0.717) is 25.0 Å². The fraction of sp³-hybridized carbons (Fsp3) is 0.385. The smallest absolute Gasteiger partial charge is 0.230 e. The molecule has 0 bridgehead atoms. The van der Waals surface area contributed by atoms with Gasteiger partial charge in [-0.1, -0.05) is 0 Å². The number of pyridine rings is 1. The number of aryl methyl sites for hydroxylation is 1. The van der Waals surface area contributed by atoms with Crippen LogP contribution in [-0.2, 0) is 4.74 Å². The van der Waals surface area contributed by atoms with Gasteiger partial charge in [0.15, 0.2) is 5.82 Å². The van der Waals surface area contributed by atoms with Crippen LogP contribution in [-0.4, -0.2) is 46.2 Å². The van der Waals surface area contributed by atoms with E-state index in [-0.39, 0.29) is 5.95 Å². The molecule has 1 saturated heterocycles. The summed E-state index contributed by atoms with van der Waals surface area (Å²) in [6.45, 7) is 4.80. The third-order valence-electron chi connectivity index (χ3n) is 3.10. The highest BCUT2D eigenvalue weighted by Gasteiger charge is 2.16. The molecule has 0 aromatic carbocycles. The fourth-order valence-corrected chi connectivity index (χ4v) is 2.01. The van der Waals surface area contributed by atoms with Crippen molar-refractivity contribution in [3.63, 3.8) is 0 Å². The molecule has 3 heterocycles. The molecule has 1 fully saturated rings. The minimum absolute atomic E-state index is 0.220. The zero-order valence-electron chi connectivity index (χ0n) is 11.3. The predicted molar refractivity (Wildman–Crippen MR) is 75.2 cm³/mol. The third-order valence-corrected chi connectivity index (χ3v) is 3.10. The number of nitrogens with two attached hydrogens (primary N) is 1. The summed E-state index contributed by atoms with van der Waals surface area (Å²) in [6.07, 6.45) is 1.74. The molecular weight excluding hydrogens is 256 g/mol. The molecule has 0 radical (unpaired) electrons. The fourth-order valence-electron chi connectivity index (χ4n) is 2.01. The highest BCUT2D eigenvalue weighted by Crippen LogP contribution is 2.18. The van der Waals surface area contributed by atoms with Gasteiger partial charge in [0.25, 0.3) is 0 Å². The molecule has 20 heavy (non-hydrogen) atoms. The zero-order valence-corrected chi connectivity index (χ0v) is 11.3. The number of aromatic nitrogens is 4. The molecular formula is C13H16N6O. The number of hydrogen-bond acceptors (Lipinski definition) is 7. The van der Waals surface area contributed by atoms with Crippen molar-refractivity contribution < 1.29 is 4.74 Å². The maximum atomic E-state index is 5.79. The highest BCUT2D eigenvalue weighted by molar-refractivity contribution is 5.56. The van der Waals surface area contributed by atoms with Gasteiger partial charge in [0.1, 0.15) is 0 Å². The largest absolute Gasteiger partial charge is 0.378 e. The Morgan fingerprint density at radius 2 is 1.95 bits per heavy atom. The first kappa shape index (κ1) is 12.7. The molecule has 0 aliphatic carbocycles. The van der Waals surface area contributed by atoms with Crippen LogP contribution in [0.2, 0.25) is 0 Å². The normalized spacial score (nSPS) is 15.3. The van der Waals surface area contributed by atoms with E-state index in [2.05, 4.69) is 19.9 Å². The van der Waals surface area contributed by atoms with Gasteiger partial charge in [0, 0.05) is 30.5 Å². The van der Waals surface area contributed by atoms with Crippen molar-refractivity contribution in [3.05, 3.63) is 24.0 Å². The average molecular weight is 272 g/mol. The van der Waals surface area contributed by atoms with Gasteiger partial charge in [-0.3, -0.25) is 4.98 Å². The molecule has 2 aromatic rings. The second-order valence-corrected chi connectivity index (χ2v) is 4.60. The van der Waals surface area contributed by atoms with E-state index in [4.69, 9.17) is 10.5 Å². The Morgan fingerprint density at radius 1 is 1.15 bits per heavy atom. The van der Waals surface area contributed by atoms with E-state index >= 15 is 0 Å². The van der Waals surface area contributed by atoms with Gasteiger partial charge in [-0.05, 0) is 19.1 Å². The molecule has 0 amide bonds. The van der Waals surface area contributed by atoms with E-state index in [9.17, 15) is 0 Å². The lowest BCUT2D eigenvalue weighted by atomic mass is 10.2. The maximum Gasteiger partial charge on any atom is 0.230 e. The topological polar surface area (TPSA) is 90.0 Å². The molecule has 2 N–H and O–H groups in total. The van der Waals surface area contributed by atoms with Crippen LogP contribution in [0, 0.1) is 6.92 Å². The standard InChI is InChI=1S/C13H16N6O/c1-9-2-3-10(8-15-9)11-16-12(14)18-13(17-11)19-4-6-20-7-5-19/h2-3,8H,4-7H2,1H3,(H2,14,16,17,18). The van der Waals surface area contributed by atoms with Crippen molar-refractivity contribution >= 4 is 11.9 Å². The molecule has 0 unspecified atom stereocenters. The second-order valence-electron chi connectivity index (χ2n) is 4.60. The Bertz CT molecular complexity index is 594. The lowest BCUT2D eigenvalue weighted by Crippen LogP contribution is -2.37. The van der Waals surface area contributed by atoms with E-state index in [1.807, 2.05) is 24.0 Å². The summed E-state index contributed by atoms with van der Waals surface area (Å²) in [7, 11) is 0. The van der Waals surface area contributed by atoms with E-state index in [0.717, 1.165) is 24.3 Å². The Morgan fingerprint density at radius 3 is 2.65 bits per heavy atom. The van der Waals surface area contributed by atoms with Crippen LogP contribution in [0.5, 0.6) is 0 Å². The van der Waals surface area contributed by atoms with E-state index in [1.165, 1.54) is 0 Å². The summed E-state index contributed by atoms with van der Waals surface area (Å²) in [5.41, 5.74) is 7.57. The predicted octanol–water partition coefficient (Wildman–Crippen LogP) is 0.661. The lowest BCUT2D eigenvalue weighted by molar-refractivity contribution is 0.122. The summed E-state index contributed by atoms with van der Waals surface area (Å²) in [6, 6.07) is 3.85. The molecule has 104 valence electrons. The third kappa shape index (κ3) is 2.67. The molecule has 0 saturated carbocycles. The Labute approximate surface area is 116 Å². The van der Waals surface area contributed by atoms with Crippen LogP contribution >= 0.6 is 0 Å². The number of hydrogen-bond donors (Lipinski definition) is 1. The summed E-state index contributed by atoms with van der Waals surface area (Å²) >= 11 is 0. The summed E-state index contributed by atoms with van der Waals surface area (Å²) in [5.74, 6) is 1.36. The van der Waals surface area contributed by atoms with Gasteiger partial charge < -0.3 is 15.4 Å². The molecule has 7 nitrogen and oxygen atoms in total. The minimum atomic E-state index is 0.220. The quantitative estimate of drug-likeness (QED) is 0.858. The number of nitrogen functional groups attached to an aromatic ring is 1. The van der Waals surface area contributed by atoms with Crippen LogP contribution in [0.4, 0.5) is 11.9 Å². The number of morpholine rings is 1. The van der Waals surface area contributed by atoms with Crippen LogP contribution in [0.25, 0.3) is 11.4 Å². The molecule has 0 spiro atoms. The number of rotatable bonds is 2. The minimum Gasteiger partial charge on any atom is -0.378 e. The van der Waals surface area contributed by atoms with E-state index in [1.54, 1.807) is 6.20 Å². The maximum absolute atomic E-state index is 5.79. The summed E-state index contributed by atoms with van der Waals surface area (Å²) in [5, 5.41) is 0. The average Bonchev–Trinajstić information content (AvgIpc) is 2.48. The number of ether oxygens (including phenoxy) is 1. The SMILES string of the molecule is Cc1ccc(-c2nc(N)nc(N3CCOCC3)n2)cn1.